The molecule has 0 aliphatic rings. The average Bonchev–Trinajstić information content (AvgIpc) is 2.81. The molecule has 0 unspecified atom stereocenters. The molecule has 0 atom stereocenters. The number of amides is 2. The second-order valence-electron chi connectivity index (χ2n) is 3.51. The molecule has 0 saturated carbocycles. The van der Waals surface area contributed by atoms with E-state index in [0.717, 1.165) is 10.6 Å². The SMILES string of the molecule is C#CCN(CC(=O)O)C(=O)NCCc1cnc[nH]1. The quantitative estimate of drug-likeness (QED) is 0.603. The van der Waals surface area contributed by atoms with Gasteiger partial charge in [-0.3, -0.25) is 4.79 Å². The first-order chi connectivity index (χ1) is 8.63. The number of carboxylic acids is 1. The van der Waals surface area contributed by atoms with Crippen LogP contribution in [0.15, 0.2) is 12.5 Å². The molecule has 1 aromatic rings. The number of aliphatic carboxylic acids is 1. The van der Waals surface area contributed by atoms with Gasteiger partial charge in [0.05, 0.1) is 12.9 Å². The van der Waals surface area contributed by atoms with E-state index in [-0.39, 0.29) is 6.54 Å². The van der Waals surface area contributed by atoms with Crippen LogP contribution in [0.1, 0.15) is 5.69 Å². The largest absolute Gasteiger partial charge is 0.480 e. The van der Waals surface area contributed by atoms with E-state index in [1.165, 1.54) is 0 Å². The summed E-state index contributed by atoms with van der Waals surface area (Å²) in [6.07, 6.45) is 8.86. The molecule has 7 heteroatoms. The first-order valence-electron chi connectivity index (χ1n) is 5.28. The van der Waals surface area contributed by atoms with Crippen LogP contribution in [0.4, 0.5) is 4.79 Å². The van der Waals surface area contributed by atoms with E-state index in [1.807, 2.05) is 0 Å². The van der Waals surface area contributed by atoms with E-state index in [0.29, 0.717) is 13.0 Å². The number of urea groups is 1. The Morgan fingerprint density at radius 3 is 2.94 bits per heavy atom. The summed E-state index contributed by atoms with van der Waals surface area (Å²) in [7, 11) is 0. The van der Waals surface area contributed by atoms with Gasteiger partial charge in [0.15, 0.2) is 0 Å². The Bertz CT molecular complexity index is 436. The molecule has 0 spiro atoms. The lowest BCUT2D eigenvalue weighted by atomic mass is 10.3. The number of aromatic nitrogens is 2. The lowest BCUT2D eigenvalue weighted by Crippen LogP contribution is -2.43. The van der Waals surface area contributed by atoms with Gasteiger partial charge in [-0.1, -0.05) is 5.92 Å². The zero-order valence-corrected chi connectivity index (χ0v) is 9.72. The van der Waals surface area contributed by atoms with E-state index in [4.69, 9.17) is 11.5 Å². The lowest BCUT2D eigenvalue weighted by molar-refractivity contribution is -0.137. The number of imidazole rings is 1. The van der Waals surface area contributed by atoms with Crippen LogP contribution in [0.5, 0.6) is 0 Å². The smallest absolute Gasteiger partial charge is 0.323 e. The lowest BCUT2D eigenvalue weighted by Gasteiger charge is -2.18. The van der Waals surface area contributed by atoms with Crippen LogP contribution in [0.2, 0.25) is 0 Å². The predicted molar refractivity (Wildman–Crippen MR) is 63.7 cm³/mol. The number of hydrogen-bond donors (Lipinski definition) is 3. The van der Waals surface area contributed by atoms with Crippen LogP contribution in [-0.2, 0) is 11.2 Å². The Hall–Kier alpha value is -2.49. The van der Waals surface area contributed by atoms with Crippen LogP contribution in [0, 0.1) is 12.3 Å². The highest BCUT2D eigenvalue weighted by atomic mass is 16.4. The zero-order chi connectivity index (χ0) is 13.4. The normalized spacial score (nSPS) is 9.50. The number of hydrogen-bond acceptors (Lipinski definition) is 3. The van der Waals surface area contributed by atoms with Crippen LogP contribution < -0.4 is 5.32 Å². The first kappa shape index (κ1) is 13.6. The Labute approximate surface area is 104 Å². The predicted octanol–water partition coefficient (Wildman–Crippen LogP) is -0.318. The molecule has 0 radical (unpaired) electrons. The summed E-state index contributed by atoms with van der Waals surface area (Å²) in [5.41, 5.74) is 0.886. The standard InChI is InChI=1S/C11H14N4O3/c1-2-5-15(7-10(16)17)11(18)13-4-3-9-6-12-8-14-9/h1,6,8H,3-5,7H2,(H,12,14)(H,13,18)(H,16,17). The van der Waals surface area contributed by atoms with Gasteiger partial charge in [0, 0.05) is 24.9 Å². The van der Waals surface area contributed by atoms with E-state index < -0.39 is 18.5 Å². The molecule has 0 aliphatic heterocycles. The third-order valence-electron chi connectivity index (χ3n) is 2.12. The van der Waals surface area contributed by atoms with Crippen LogP contribution in [0.3, 0.4) is 0 Å². The number of terminal acetylenes is 1. The Morgan fingerprint density at radius 2 is 2.39 bits per heavy atom. The summed E-state index contributed by atoms with van der Waals surface area (Å²) in [4.78, 5) is 30.0. The summed E-state index contributed by atoms with van der Waals surface area (Å²) >= 11 is 0. The fraction of sp³-hybridized carbons (Fsp3) is 0.364. The maximum absolute atomic E-state index is 11.6. The van der Waals surface area contributed by atoms with Crippen molar-refractivity contribution < 1.29 is 14.7 Å². The molecular weight excluding hydrogens is 236 g/mol. The third kappa shape index (κ3) is 4.57. The van der Waals surface area contributed by atoms with Gasteiger partial charge < -0.3 is 20.3 Å². The minimum atomic E-state index is -1.10. The summed E-state index contributed by atoms with van der Waals surface area (Å²) in [6.45, 7) is -0.0794. The van der Waals surface area contributed by atoms with Crippen molar-refractivity contribution in [2.24, 2.45) is 0 Å². The summed E-state index contributed by atoms with van der Waals surface area (Å²) in [5, 5.41) is 11.2. The maximum Gasteiger partial charge on any atom is 0.323 e. The van der Waals surface area contributed by atoms with E-state index in [2.05, 4.69) is 21.2 Å². The minimum absolute atomic E-state index is 0.0395. The average molecular weight is 250 g/mol. The van der Waals surface area contributed by atoms with Gasteiger partial charge in [-0.15, -0.1) is 6.42 Å². The fourth-order valence-electron chi connectivity index (χ4n) is 1.31. The number of nitrogens with one attached hydrogen (secondary N) is 2. The van der Waals surface area contributed by atoms with Crippen LogP contribution >= 0.6 is 0 Å². The molecule has 18 heavy (non-hydrogen) atoms. The maximum atomic E-state index is 11.6. The van der Waals surface area contributed by atoms with Crippen LogP contribution in [0.25, 0.3) is 0 Å². The summed E-state index contributed by atoms with van der Waals surface area (Å²) in [6, 6.07) is -0.491. The number of H-pyrrole nitrogens is 1. The van der Waals surface area contributed by atoms with E-state index in [9.17, 15) is 9.59 Å². The Balaban J connectivity index is 2.36. The Morgan fingerprint density at radius 1 is 1.61 bits per heavy atom. The topological polar surface area (TPSA) is 98.3 Å². The summed E-state index contributed by atoms with van der Waals surface area (Å²) < 4.78 is 0. The number of aromatic amines is 1. The molecule has 1 aromatic heterocycles. The highest BCUT2D eigenvalue weighted by molar-refractivity contribution is 5.80. The van der Waals surface area contributed by atoms with Gasteiger partial charge in [0.25, 0.3) is 0 Å². The monoisotopic (exact) mass is 250 g/mol. The van der Waals surface area contributed by atoms with E-state index in [1.54, 1.807) is 12.5 Å². The third-order valence-corrected chi connectivity index (χ3v) is 2.12. The van der Waals surface area contributed by atoms with Crippen molar-refractivity contribution in [3.05, 3.63) is 18.2 Å². The highest BCUT2D eigenvalue weighted by Crippen LogP contribution is 1.93. The zero-order valence-electron chi connectivity index (χ0n) is 9.72. The molecule has 7 nitrogen and oxygen atoms in total. The highest BCUT2D eigenvalue weighted by Gasteiger charge is 2.14. The molecule has 0 aliphatic carbocycles. The molecule has 0 bridgehead atoms. The van der Waals surface area contributed by atoms with Crippen molar-refractivity contribution >= 4 is 12.0 Å². The number of carbonyl (C=O) groups excluding carboxylic acids is 1. The molecule has 1 heterocycles. The van der Waals surface area contributed by atoms with Gasteiger partial charge >= 0.3 is 12.0 Å². The van der Waals surface area contributed by atoms with Gasteiger partial charge in [-0.25, -0.2) is 9.78 Å². The second kappa shape index (κ2) is 6.96. The van der Waals surface area contributed by atoms with Crippen molar-refractivity contribution in [3.63, 3.8) is 0 Å². The molecule has 0 saturated heterocycles. The first-order valence-corrected chi connectivity index (χ1v) is 5.28. The minimum Gasteiger partial charge on any atom is -0.480 e. The van der Waals surface area contributed by atoms with Crippen molar-refractivity contribution in [2.45, 2.75) is 6.42 Å². The summed E-state index contributed by atoms with van der Waals surface area (Å²) in [5.74, 6) is 1.14. The Kier molecular flexibility index (Phi) is 5.25. The van der Waals surface area contributed by atoms with Gasteiger partial charge in [0.2, 0.25) is 0 Å². The number of nitrogens with zero attached hydrogens (tertiary/aromatic N) is 2. The van der Waals surface area contributed by atoms with Gasteiger partial charge in [-0.2, -0.15) is 0 Å². The molecule has 96 valence electrons. The molecule has 2 amide bonds. The fourth-order valence-corrected chi connectivity index (χ4v) is 1.31. The molecule has 0 fully saturated rings. The second-order valence-corrected chi connectivity index (χ2v) is 3.51. The van der Waals surface area contributed by atoms with Gasteiger partial charge in [0.1, 0.15) is 6.54 Å². The molecule has 3 N–H and O–H groups in total. The van der Waals surface area contributed by atoms with Crippen LogP contribution in [-0.4, -0.2) is 51.6 Å². The van der Waals surface area contributed by atoms with Gasteiger partial charge in [-0.05, 0) is 0 Å². The van der Waals surface area contributed by atoms with Crippen molar-refractivity contribution in [1.29, 1.82) is 0 Å². The molecular formula is C11H14N4O3. The van der Waals surface area contributed by atoms with Crippen molar-refractivity contribution in [1.82, 2.24) is 20.2 Å². The number of rotatable bonds is 6. The van der Waals surface area contributed by atoms with Crippen molar-refractivity contribution in [3.8, 4) is 12.3 Å². The van der Waals surface area contributed by atoms with Crippen molar-refractivity contribution in [2.75, 3.05) is 19.6 Å². The molecule has 0 aromatic carbocycles. The van der Waals surface area contributed by atoms with E-state index >= 15 is 0 Å². The molecule has 1 rings (SSSR count). The number of carboxylic acid groups (broad SMARTS) is 1. The number of carbonyl (C=O) groups is 2.